The van der Waals surface area contributed by atoms with Crippen molar-refractivity contribution >= 4 is 17.5 Å². The zero-order chi connectivity index (χ0) is 28.5. The molecule has 0 bridgehead atoms. The number of pyridine rings is 1. The molecule has 214 valence electrons. The molecule has 2 aromatic heterocycles. The van der Waals surface area contributed by atoms with E-state index in [9.17, 15) is 9.59 Å². The number of benzene rings is 1. The Morgan fingerprint density at radius 1 is 1.20 bits per heavy atom. The van der Waals surface area contributed by atoms with Gasteiger partial charge >= 0.3 is 0 Å². The predicted octanol–water partition coefficient (Wildman–Crippen LogP) is 2.50. The van der Waals surface area contributed by atoms with E-state index in [1.165, 1.54) is 25.1 Å². The Hall–Kier alpha value is -4.16. The van der Waals surface area contributed by atoms with Crippen LogP contribution in [0.4, 0.5) is 5.69 Å². The van der Waals surface area contributed by atoms with Crippen LogP contribution in [0, 0.1) is 6.92 Å². The second-order valence-electron chi connectivity index (χ2n) is 9.42. The summed E-state index contributed by atoms with van der Waals surface area (Å²) < 4.78 is 29.2. The summed E-state index contributed by atoms with van der Waals surface area (Å²) in [5, 5.41) is 7.11. The Bertz CT molecular complexity index is 1270. The summed E-state index contributed by atoms with van der Waals surface area (Å²) in [6.45, 7) is 3.11. The molecule has 12 nitrogen and oxygen atoms in total. The normalized spacial score (nSPS) is 17.2. The molecule has 1 saturated heterocycles. The largest absolute Gasteiger partial charge is 0.492 e. The fourth-order valence-corrected chi connectivity index (χ4v) is 4.15. The molecule has 0 aliphatic carbocycles. The lowest BCUT2D eigenvalue weighted by Crippen LogP contribution is -2.39. The number of hydrogen-bond donors (Lipinski definition) is 1. The summed E-state index contributed by atoms with van der Waals surface area (Å²) in [5.74, 6) is 1.26. The van der Waals surface area contributed by atoms with Crippen LogP contribution in [0.25, 0.3) is 0 Å². The first-order valence-electron chi connectivity index (χ1n) is 12.9. The summed E-state index contributed by atoms with van der Waals surface area (Å²) in [4.78, 5) is 31.7. The minimum atomic E-state index is -0.710. The number of carbonyl (C=O) groups excluding carboxylic acids is 2. The number of aromatic nitrogens is 3. The predicted molar refractivity (Wildman–Crippen MR) is 146 cm³/mol. The average molecular weight is 554 g/mol. The van der Waals surface area contributed by atoms with Gasteiger partial charge in [0, 0.05) is 39.0 Å². The van der Waals surface area contributed by atoms with Gasteiger partial charge < -0.3 is 33.9 Å². The fraction of sp³-hybridized carbons (Fsp3) is 0.429. The van der Waals surface area contributed by atoms with Crippen LogP contribution in [0.3, 0.4) is 0 Å². The van der Waals surface area contributed by atoms with E-state index in [4.69, 9.17) is 23.7 Å². The first kappa shape index (κ1) is 28.8. The maximum Gasteiger partial charge on any atom is 0.253 e. The number of nitrogens with one attached hydrogen (secondary N) is 1. The van der Waals surface area contributed by atoms with Gasteiger partial charge in [-0.3, -0.25) is 14.3 Å². The quantitative estimate of drug-likeness (QED) is 0.340. The van der Waals surface area contributed by atoms with Gasteiger partial charge in [-0.2, -0.15) is 5.10 Å². The third kappa shape index (κ3) is 7.70. The Kier molecular flexibility index (Phi) is 9.92. The van der Waals surface area contributed by atoms with Crippen LogP contribution >= 0.6 is 0 Å². The van der Waals surface area contributed by atoms with Gasteiger partial charge in [0.25, 0.3) is 5.91 Å². The zero-order valence-electron chi connectivity index (χ0n) is 23.1. The van der Waals surface area contributed by atoms with Gasteiger partial charge in [-0.25, -0.2) is 4.98 Å². The summed E-state index contributed by atoms with van der Waals surface area (Å²) in [7, 11) is 4.75. The van der Waals surface area contributed by atoms with E-state index in [2.05, 4.69) is 15.4 Å². The molecular formula is C28H35N5O7. The van der Waals surface area contributed by atoms with Gasteiger partial charge in [0.2, 0.25) is 11.8 Å². The highest BCUT2D eigenvalue weighted by Crippen LogP contribution is 2.24. The molecule has 3 aromatic rings. The number of ether oxygens (including phenoxy) is 5. The standard InChI is InChI=1S/C28H35N5O7/c1-19-5-7-21(8-6-19)38-12-11-32(2)28(35)24(18-36-3)33-16-20(15-30-33)31-27(34)25-13-23(17-39-25)40-22-9-10-29-26(14-22)37-4/h5-10,14-16,23-25H,11-13,17-18H2,1-4H3,(H,31,34)/t23-,24?,25+/m0/s1. The molecule has 0 spiro atoms. The zero-order valence-corrected chi connectivity index (χ0v) is 23.1. The smallest absolute Gasteiger partial charge is 0.253 e. The van der Waals surface area contributed by atoms with Crippen molar-refractivity contribution in [3.8, 4) is 17.4 Å². The van der Waals surface area contributed by atoms with E-state index < -0.39 is 12.1 Å². The van der Waals surface area contributed by atoms with E-state index in [1.807, 2.05) is 31.2 Å². The fourth-order valence-electron chi connectivity index (χ4n) is 4.15. The maximum absolute atomic E-state index is 13.2. The van der Waals surface area contributed by atoms with Crippen LogP contribution < -0.4 is 19.5 Å². The lowest BCUT2D eigenvalue weighted by molar-refractivity contribution is -0.135. The van der Waals surface area contributed by atoms with Crippen LogP contribution in [-0.2, 0) is 19.1 Å². The van der Waals surface area contributed by atoms with E-state index in [0.717, 1.165) is 11.3 Å². The highest BCUT2D eigenvalue weighted by molar-refractivity contribution is 5.94. The summed E-state index contributed by atoms with van der Waals surface area (Å²) in [6.07, 6.45) is 4.07. The number of carbonyl (C=O) groups is 2. The van der Waals surface area contributed by atoms with Crippen molar-refractivity contribution < 1.29 is 33.3 Å². The van der Waals surface area contributed by atoms with Crippen LogP contribution in [0.5, 0.6) is 17.4 Å². The molecule has 4 rings (SSSR count). The number of anilines is 1. The highest BCUT2D eigenvalue weighted by atomic mass is 16.6. The minimum absolute atomic E-state index is 0.113. The molecular weight excluding hydrogens is 518 g/mol. The van der Waals surface area contributed by atoms with Crippen LogP contribution in [-0.4, -0.2) is 91.3 Å². The van der Waals surface area contributed by atoms with Crippen LogP contribution in [0.1, 0.15) is 18.0 Å². The number of nitrogens with zero attached hydrogens (tertiary/aromatic N) is 4. The molecule has 1 aromatic carbocycles. The number of amides is 2. The molecule has 1 unspecified atom stereocenters. The average Bonchev–Trinajstić information content (AvgIpc) is 3.62. The summed E-state index contributed by atoms with van der Waals surface area (Å²) in [5.41, 5.74) is 1.59. The first-order valence-corrected chi connectivity index (χ1v) is 12.9. The second-order valence-corrected chi connectivity index (χ2v) is 9.42. The lowest BCUT2D eigenvalue weighted by atomic mass is 10.2. The van der Waals surface area contributed by atoms with Gasteiger partial charge in [-0.05, 0) is 25.1 Å². The second kappa shape index (κ2) is 13.8. The summed E-state index contributed by atoms with van der Waals surface area (Å²) in [6, 6.07) is 10.4. The highest BCUT2D eigenvalue weighted by Gasteiger charge is 2.33. The minimum Gasteiger partial charge on any atom is -0.492 e. The van der Waals surface area contributed by atoms with E-state index in [1.54, 1.807) is 36.5 Å². The van der Waals surface area contributed by atoms with Crippen molar-refractivity contribution in [2.45, 2.75) is 31.6 Å². The number of methoxy groups -OCH3 is 2. The number of likely N-dealkylation sites (N-methyl/N-ethyl adjacent to an activating group) is 1. The van der Waals surface area contributed by atoms with Gasteiger partial charge in [0.05, 0.1) is 38.8 Å². The van der Waals surface area contributed by atoms with Gasteiger partial charge in [0.1, 0.15) is 30.3 Å². The molecule has 40 heavy (non-hydrogen) atoms. The van der Waals surface area contributed by atoms with E-state index in [-0.39, 0.29) is 31.1 Å². The van der Waals surface area contributed by atoms with Crippen molar-refractivity contribution in [1.82, 2.24) is 19.7 Å². The molecule has 12 heteroatoms. The molecule has 1 fully saturated rings. The molecule has 0 saturated carbocycles. The topological polar surface area (TPSA) is 126 Å². The Labute approximate surface area is 233 Å². The Morgan fingerprint density at radius 3 is 2.75 bits per heavy atom. The lowest BCUT2D eigenvalue weighted by Gasteiger charge is -2.23. The molecule has 0 radical (unpaired) electrons. The molecule has 3 atom stereocenters. The van der Waals surface area contributed by atoms with Crippen LogP contribution in [0.15, 0.2) is 55.0 Å². The van der Waals surface area contributed by atoms with Gasteiger partial charge in [-0.15, -0.1) is 0 Å². The van der Waals surface area contributed by atoms with Gasteiger partial charge in [0.15, 0.2) is 6.04 Å². The van der Waals surface area contributed by atoms with Crippen molar-refractivity contribution in [1.29, 1.82) is 0 Å². The van der Waals surface area contributed by atoms with Crippen molar-refractivity contribution in [3.63, 3.8) is 0 Å². The third-order valence-electron chi connectivity index (χ3n) is 6.36. The van der Waals surface area contributed by atoms with E-state index >= 15 is 0 Å². The maximum atomic E-state index is 13.2. The number of rotatable bonds is 13. The van der Waals surface area contributed by atoms with Gasteiger partial charge in [-0.1, -0.05) is 17.7 Å². The van der Waals surface area contributed by atoms with E-state index in [0.29, 0.717) is 36.9 Å². The molecule has 2 amide bonds. The van der Waals surface area contributed by atoms with Crippen molar-refractivity contribution in [2.24, 2.45) is 0 Å². The van der Waals surface area contributed by atoms with Crippen molar-refractivity contribution in [3.05, 3.63) is 60.6 Å². The molecule has 3 heterocycles. The SMILES string of the molecule is COCC(C(=O)N(C)CCOc1ccc(C)cc1)n1cc(NC(=O)[C@H]2C[C@H](Oc3ccnc(OC)c3)CO2)cn1. The summed E-state index contributed by atoms with van der Waals surface area (Å²) >= 11 is 0. The van der Waals surface area contributed by atoms with Crippen molar-refractivity contribution in [2.75, 3.05) is 52.9 Å². The number of aryl methyl sites for hydroxylation is 1. The first-order chi connectivity index (χ1) is 19.4. The molecule has 1 aliphatic rings. The molecule has 1 N–H and O–H groups in total. The monoisotopic (exact) mass is 553 g/mol. The molecule has 1 aliphatic heterocycles. The number of hydrogen-bond acceptors (Lipinski definition) is 9. The van der Waals surface area contributed by atoms with Crippen LogP contribution in [0.2, 0.25) is 0 Å². The Morgan fingerprint density at radius 2 is 2.00 bits per heavy atom. The third-order valence-corrected chi connectivity index (χ3v) is 6.36. The Balaban J connectivity index is 1.28.